The Labute approximate surface area is 116 Å². The summed E-state index contributed by atoms with van der Waals surface area (Å²) >= 11 is 0. The lowest BCUT2D eigenvalue weighted by molar-refractivity contribution is -0.172. The molecular weight excluding hydrogens is 256 g/mol. The van der Waals surface area contributed by atoms with Crippen molar-refractivity contribution in [3.63, 3.8) is 0 Å². The summed E-state index contributed by atoms with van der Waals surface area (Å²) in [6, 6.07) is 17.0. The van der Waals surface area contributed by atoms with E-state index in [1.807, 2.05) is 0 Å². The Morgan fingerprint density at radius 2 is 1.50 bits per heavy atom. The zero-order valence-corrected chi connectivity index (χ0v) is 10.8. The predicted octanol–water partition coefficient (Wildman–Crippen LogP) is 1.78. The molecule has 0 fully saturated rings. The van der Waals surface area contributed by atoms with Crippen LogP contribution < -0.4 is 0 Å². The Kier molecular flexibility index (Phi) is 4.17. The molecule has 2 rings (SSSR count). The first-order chi connectivity index (χ1) is 9.54. The first-order valence-electron chi connectivity index (χ1n) is 6.27. The van der Waals surface area contributed by atoms with E-state index in [1.165, 1.54) is 0 Å². The minimum atomic E-state index is -2.26. The van der Waals surface area contributed by atoms with Crippen LogP contribution in [0.25, 0.3) is 0 Å². The quantitative estimate of drug-likeness (QED) is 0.775. The molecule has 0 amide bonds. The van der Waals surface area contributed by atoms with Crippen molar-refractivity contribution in [3.8, 4) is 0 Å². The molecule has 0 aliphatic heterocycles. The molecule has 2 aromatic carbocycles. The number of hydrogen-bond donors (Lipinski definition) is 3. The Bertz CT molecular complexity index is 568. The summed E-state index contributed by atoms with van der Waals surface area (Å²) in [5, 5.41) is 30.0. The maximum absolute atomic E-state index is 11.4. The van der Waals surface area contributed by atoms with Gasteiger partial charge in [0.25, 0.3) is 0 Å². The van der Waals surface area contributed by atoms with Crippen molar-refractivity contribution in [2.75, 3.05) is 0 Å². The third kappa shape index (κ3) is 2.87. The molecule has 0 aliphatic carbocycles. The molecule has 4 nitrogen and oxygen atoms in total. The normalized spacial score (nSPS) is 15.3. The smallest absolute Gasteiger partial charge is 0.339 e. The van der Waals surface area contributed by atoms with Gasteiger partial charge in [-0.1, -0.05) is 60.7 Å². The van der Waals surface area contributed by atoms with Crippen molar-refractivity contribution < 1.29 is 20.1 Å². The van der Waals surface area contributed by atoms with E-state index in [0.29, 0.717) is 11.1 Å². The third-order valence-electron chi connectivity index (χ3n) is 3.25. The number of rotatable bonds is 5. The molecule has 0 saturated carbocycles. The van der Waals surface area contributed by atoms with Crippen molar-refractivity contribution in [1.29, 1.82) is 0 Å². The first kappa shape index (κ1) is 14.2. The van der Waals surface area contributed by atoms with Crippen molar-refractivity contribution in [2.24, 2.45) is 0 Å². The second kappa shape index (κ2) is 5.86. The average Bonchev–Trinajstić information content (AvgIpc) is 2.48. The molecule has 20 heavy (non-hydrogen) atoms. The molecule has 0 saturated heterocycles. The number of carboxylic acid groups (broad SMARTS) is 1. The third-order valence-corrected chi connectivity index (χ3v) is 3.25. The van der Waals surface area contributed by atoms with E-state index in [9.17, 15) is 20.1 Å². The van der Waals surface area contributed by atoms with Gasteiger partial charge >= 0.3 is 5.97 Å². The van der Waals surface area contributed by atoms with E-state index < -0.39 is 17.7 Å². The van der Waals surface area contributed by atoms with Gasteiger partial charge in [-0.05, 0) is 11.1 Å². The largest absolute Gasteiger partial charge is 0.479 e. The summed E-state index contributed by atoms with van der Waals surface area (Å²) in [5.41, 5.74) is -1.25. The maximum Gasteiger partial charge on any atom is 0.339 e. The minimum absolute atomic E-state index is 0.167. The number of aliphatic hydroxyl groups is 2. The van der Waals surface area contributed by atoms with E-state index >= 15 is 0 Å². The highest BCUT2D eigenvalue weighted by Crippen LogP contribution is 2.29. The summed E-state index contributed by atoms with van der Waals surface area (Å²) in [4.78, 5) is 11.4. The van der Waals surface area contributed by atoms with Crippen LogP contribution in [-0.2, 0) is 11.2 Å². The molecule has 0 bridgehead atoms. The van der Waals surface area contributed by atoms with Crippen LogP contribution in [-0.4, -0.2) is 26.9 Å². The number of aliphatic carboxylic acids is 1. The molecule has 0 aliphatic rings. The first-order valence-corrected chi connectivity index (χ1v) is 6.27. The molecule has 0 heterocycles. The molecule has 2 atom stereocenters. The van der Waals surface area contributed by atoms with Crippen LogP contribution in [0, 0.1) is 0 Å². The fraction of sp³-hybridized carbons (Fsp3) is 0.188. The average molecular weight is 272 g/mol. The Balaban J connectivity index is 2.32. The number of benzene rings is 2. The van der Waals surface area contributed by atoms with Gasteiger partial charge in [-0.15, -0.1) is 0 Å². The lowest BCUT2D eigenvalue weighted by atomic mass is 9.85. The van der Waals surface area contributed by atoms with Gasteiger partial charge in [-0.3, -0.25) is 0 Å². The van der Waals surface area contributed by atoms with Gasteiger partial charge in [-0.2, -0.15) is 0 Å². The Morgan fingerprint density at radius 1 is 1.00 bits per heavy atom. The fourth-order valence-electron chi connectivity index (χ4n) is 2.11. The minimum Gasteiger partial charge on any atom is -0.479 e. The van der Waals surface area contributed by atoms with Crippen molar-refractivity contribution in [1.82, 2.24) is 0 Å². The van der Waals surface area contributed by atoms with Crippen molar-refractivity contribution in [3.05, 3.63) is 71.8 Å². The van der Waals surface area contributed by atoms with Crippen LogP contribution in [0.5, 0.6) is 0 Å². The van der Waals surface area contributed by atoms with Gasteiger partial charge in [0.15, 0.2) is 5.60 Å². The molecule has 0 radical (unpaired) electrons. The fourth-order valence-corrected chi connectivity index (χ4v) is 2.11. The SMILES string of the molecule is O=C(O)C(O)(Cc1ccccc1)C(O)c1ccccc1. The molecular formula is C16H16O4. The molecule has 4 heteroatoms. The number of carbonyl (C=O) groups is 1. The lowest BCUT2D eigenvalue weighted by Gasteiger charge is -2.29. The topological polar surface area (TPSA) is 77.8 Å². The van der Waals surface area contributed by atoms with Gasteiger partial charge in [0.05, 0.1) is 0 Å². The van der Waals surface area contributed by atoms with Crippen LogP contribution in [0.3, 0.4) is 0 Å². The predicted molar refractivity (Wildman–Crippen MR) is 74.1 cm³/mol. The zero-order valence-electron chi connectivity index (χ0n) is 10.8. The molecule has 2 aromatic rings. The highest BCUT2D eigenvalue weighted by Gasteiger charge is 2.44. The zero-order chi connectivity index (χ0) is 14.6. The summed E-state index contributed by atoms with van der Waals surface area (Å²) in [6.07, 6.45) is -1.67. The second-order valence-electron chi connectivity index (χ2n) is 4.71. The van der Waals surface area contributed by atoms with E-state index in [-0.39, 0.29) is 6.42 Å². The standard InChI is InChI=1S/C16H16O4/c17-14(13-9-5-2-6-10-13)16(20,15(18)19)11-12-7-3-1-4-8-12/h1-10,14,17,20H,11H2,(H,18,19). The highest BCUT2D eigenvalue weighted by molar-refractivity contribution is 5.78. The monoisotopic (exact) mass is 272 g/mol. The molecule has 2 unspecified atom stereocenters. The van der Waals surface area contributed by atoms with E-state index in [0.717, 1.165) is 0 Å². The summed E-state index contributed by atoms with van der Waals surface area (Å²) in [5.74, 6) is -1.45. The van der Waals surface area contributed by atoms with Gasteiger partial charge in [0, 0.05) is 6.42 Å². The van der Waals surface area contributed by atoms with Crippen molar-refractivity contribution >= 4 is 5.97 Å². The van der Waals surface area contributed by atoms with E-state index in [1.54, 1.807) is 60.7 Å². The number of hydrogen-bond acceptors (Lipinski definition) is 3. The highest BCUT2D eigenvalue weighted by atomic mass is 16.4. The molecule has 0 spiro atoms. The van der Waals surface area contributed by atoms with Crippen molar-refractivity contribution in [2.45, 2.75) is 18.1 Å². The Hall–Kier alpha value is -2.17. The van der Waals surface area contributed by atoms with Gasteiger partial charge in [0.1, 0.15) is 6.10 Å². The maximum atomic E-state index is 11.4. The van der Waals surface area contributed by atoms with Gasteiger partial charge in [0.2, 0.25) is 0 Å². The van der Waals surface area contributed by atoms with Crippen LogP contribution in [0.2, 0.25) is 0 Å². The van der Waals surface area contributed by atoms with Crippen LogP contribution in [0.4, 0.5) is 0 Å². The lowest BCUT2D eigenvalue weighted by Crippen LogP contribution is -2.46. The van der Waals surface area contributed by atoms with Crippen LogP contribution in [0.1, 0.15) is 17.2 Å². The number of carboxylic acids is 1. The van der Waals surface area contributed by atoms with Crippen LogP contribution >= 0.6 is 0 Å². The Morgan fingerprint density at radius 3 is 2.00 bits per heavy atom. The summed E-state index contributed by atoms with van der Waals surface area (Å²) < 4.78 is 0. The van der Waals surface area contributed by atoms with Crippen LogP contribution in [0.15, 0.2) is 60.7 Å². The summed E-state index contributed by atoms with van der Waals surface area (Å²) in [6.45, 7) is 0. The molecule has 3 N–H and O–H groups in total. The number of aliphatic hydroxyl groups excluding tert-OH is 1. The molecule has 0 aromatic heterocycles. The van der Waals surface area contributed by atoms with Gasteiger partial charge < -0.3 is 15.3 Å². The molecule has 104 valence electrons. The van der Waals surface area contributed by atoms with E-state index in [4.69, 9.17) is 0 Å². The second-order valence-corrected chi connectivity index (χ2v) is 4.71. The van der Waals surface area contributed by atoms with E-state index in [2.05, 4.69) is 0 Å². The van der Waals surface area contributed by atoms with Gasteiger partial charge in [-0.25, -0.2) is 4.79 Å². The summed E-state index contributed by atoms with van der Waals surface area (Å²) in [7, 11) is 0.